The van der Waals surface area contributed by atoms with Gasteiger partial charge in [-0.3, -0.25) is 14.7 Å². The maximum Gasteiger partial charge on any atom is 0.278 e. The Bertz CT molecular complexity index is 710. The van der Waals surface area contributed by atoms with Gasteiger partial charge in [-0.05, 0) is 19.1 Å². The minimum Gasteiger partial charge on any atom is -0.332 e. The third-order valence-corrected chi connectivity index (χ3v) is 3.64. The highest BCUT2D eigenvalue weighted by molar-refractivity contribution is 5.95. The van der Waals surface area contributed by atoms with Gasteiger partial charge in [0.25, 0.3) is 5.91 Å². The van der Waals surface area contributed by atoms with Crippen LogP contribution in [0.5, 0.6) is 0 Å². The van der Waals surface area contributed by atoms with E-state index < -0.39 is 0 Å². The standard InChI is InChI=1S/C14H16N4O2/c1-9-8-15-6-7-18(9)14(20)12-13(19)10-4-2-3-5-11(10)16-17-12/h2-5,9,15H,6-8H2,1H3,(H,16,19)/t9-/m0/s1. The molecule has 2 heterocycles. The summed E-state index contributed by atoms with van der Waals surface area (Å²) >= 11 is 0. The third-order valence-electron chi connectivity index (χ3n) is 3.64. The average Bonchev–Trinajstić information content (AvgIpc) is 2.48. The van der Waals surface area contributed by atoms with E-state index in [0.717, 1.165) is 13.1 Å². The van der Waals surface area contributed by atoms with E-state index >= 15 is 0 Å². The van der Waals surface area contributed by atoms with Crippen LogP contribution in [0, 0.1) is 0 Å². The monoisotopic (exact) mass is 272 g/mol. The average molecular weight is 272 g/mol. The molecule has 1 fully saturated rings. The number of H-pyrrole nitrogens is 1. The highest BCUT2D eigenvalue weighted by Gasteiger charge is 2.27. The minimum absolute atomic E-state index is 0.0301. The Morgan fingerprint density at radius 1 is 1.40 bits per heavy atom. The summed E-state index contributed by atoms with van der Waals surface area (Å²) in [6, 6.07) is 7.13. The topological polar surface area (TPSA) is 78.1 Å². The number of carbonyl (C=O) groups is 1. The van der Waals surface area contributed by atoms with Crippen LogP contribution in [0.4, 0.5) is 0 Å². The molecule has 0 aliphatic carbocycles. The number of hydrogen-bond donors (Lipinski definition) is 2. The molecule has 0 unspecified atom stereocenters. The first-order valence-electron chi connectivity index (χ1n) is 6.67. The van der Waals surface area contributed by atoms with Crippen LogP contribution in [0.25, 0.3) is 10.9 Å². The Balaban J connectivity index is 2.03. The van der Waals surface area contributed by atoms with E-state index in [1.165, 1.54) is 0 Å². The lowest BCUT2D eigenvalue weighted by Gasteiger charge is -2.33. The van der Waals surface area contributed by atoms with Crippen molar-refractivity contribution in [1.82, 2.24) is 20.4 Å². The lowest BCUT2D eigenvalue weighted by Crippen LogP contribution is -2.53. The van der Waals surface area contributed by atoms with Crippen molar-refractivity contribution in [3.05, 3.63) is 40.2 Å². The zero-order valence-corrected chi connectivity index (χ0v) is 11.2. The number of hydrogen-bond acceptors (Lipinski definition) is 4. The number of fused-ring (bicyclic) bond motifs is 1. The molecular formula is C14H16N4O2. The predicted octanol–water partition coefficient (Wildman–Crippen LogP) is 0.357. The van der Waals surface area contributed by atoms with Crippen molar-refractivity contribution in [1.29, 1.82) is 0 Å². The van der Waals surface area contributed by atoms with Gasteiger partial charge in [-0.25, -0.2) is 0 Å². The summed E-state index contributed by atoms with van der Waals surface area (Å²) in [5.74, 6) is -0.300. The van der Waals surface area contributed by atoms with E-state index in [1.54, 1.807) is 23.1 Å². The van der Waals surface area contributed by atoms with Crippen LogP contribution in [0.1, 0.15) is 17.4 Å². The van der Waals surface area contributed by atoms with Crippen molar-refractivity contribution in [3.8, 4) is 0 Å². The van der Waals surface area contributed by atoms with Gasteiger partial charge >= 0.3 is 0 Å². The highest BCUT2D eigenvalue weighted by Crippen LogP contribution is 2.09. The van der Waals surface area contributed by atoms with E-state index in [4.69, 9.17) is 0 Å². The molecule has 0 spiro atoms. The van der Waals surface area contributed by atoms with Gasteiger partial charge in [-0.1, -0.05) is 12.1 Å². The summed E-state index contributed by atoms with van der Waals surface area (Å²) in [6.45, 7) is 4.02. The number of aromatic amines is 1. The Hall–Kier alpha value is -2.21. The Morgan fingerprint density at radius 3 is 3.00 bits per heavy atom. The van der Waals surface area contributed by atoms with Gasteiger partial charge in [0.2, 0.25) is 5.43 Å². The second-order valence-electron chi connectivity index (χ2n) is 5.00. The Morgan fingerprint density at radius 2 is 2.20 bits per heavy atom. The van der Waals surface area contributed by atoms with Gasteiger partial charge in [0.1, 0.15) is 0 Å². The van der Waals surface area contributed by atoms with Crippen LogP contribution in [0.3, 0.4) is 0 Å². The first-order chi connectivity index (χ1) is 9.68. The van der Waals surface area contributed by atoms with Gasteiger partial charge in [0.05, 0.1) is 5.52 Å². The van der Waals surface area contributed by atoms with Gasteiger partial charge in [-0.15, -0.1) is 0 Å². The normalized spacial score (nSPS) is 19.2. The summed E-state index contributed by atoms with van der Waals surface area (Å²) in [4.78, 5) is 26.6. The lowest BCUT2D eigenvalue weighted by atomic mass is 10.1. The SMILES string of the molecule is C[C@H]1CNCCN1C(=O)c1n[nH]c2ccccc2c1=O. The van der Waals surface area contributed by atoms with Crippen LogP contribution in [-0.2, 0) is 0 Å². The van der Waals surface area contributed by atoms with E-state index in [0.29, 0.717) is 17.4 Å². The lowest BCUT2D eigenvalue weighted by molar-refractivity contribution is 0.0647. The predicted molar refractivity (Wildman–Crippen MR) is 75.7 cm³/mol. The summed E-state index contributed by atoms with van der Waals surface area (Å²) in [6.07, 6.45) is 0. The quantitative estimate of drug-likeness (QED) is 0.785. The van der Waals surface area contributed by atoms with Crippen molar-refractivity contribution < 1.29 is 4.79 Å². The molecule has 2 aromatic rings. The van der Waals surface area contributed by atoms with Crippen LogP contribution in [0.2, 0.25) is 0 Å². The van der Waals surface area contributed by atoms with Crippen molar-refractivity contribution in [3.63, 3.8) is 0 Å². The second-order valence-corrected chi connectivity index (χ2v) is 5.00. The van der Waals surface area contributed by atoms with Crippen LogP contribution >= 0.6 is 0 Å². The molecule has 1 amide bonds. The molecule has 2 N–H and O–H groups in total. The van der Waals surface area contributed by atoms with Gasteiger partial charge in [0, 0.05) is 31.1 Å². The number of carbonyl (C=O) groups excluding carboxylic acids is 1. The summed E-state index contributed by atoms with van der Waals surface area (Å²) in [5.41, 5.74) is 0.301. The molecule has 6 heteroatoms. The third kappa shape index (κ3) is 2.08. The van der Waals surface area contributed by atoms with E-state index in [-0.39, 0.29) is 23.1 Å². The molecule has 20 heavy (non-hydrogen) atoms. The molecule has 1 aromatic carbocycles. The number of benzene rings is 1. The molecular weight excluding hydrogens is 256 g/mol. The van der Waals surface area contributed by atoms with Gasteiger partial charge in [-0.2, -0.15) is 5.10 Å². The molecule has 1 saturated heterocycles. The largest absolute Gasteiger partial charge is 0.332 e. The number of nitrogens with one attached hydrogen (secondary N) is 2. The molecule has 3 rings (SSSR count). The fourth-order valence-electron chi connectivity index (χ4n) is 2.50. The Kier molecular flexibility index (Phi) is 3.23. The maximum atomic E-state index is 12.5. The summed E-state index contributed by atoms with van der Waals surface area (Å²) < 4.78 is 0. The number of nitrogens with zero attached hydrogens (tertiary/aromatic N) is 2. The van der Waals surface area contributed by atoms with Crippen LogP contribution in [-0.4, -0.2) is 46.7 Å². The van der Waals surface area contributed by atoms with Crippen molar-refractivity contribution in [2.75, 3.05) is 19.6 Å². The zero-order valence-electron chi connectivity index (χ0n) is 11.2. The van der Waals surface area contributed by atoms with Crippen molar-refractivity contribution in [2.24, 2.45) is 0 Å². The first kappa shape index (κ1) is 12.8. The summed E-state index contributed by atoms with van der Waals surface area (Å²) in [7, 11) is 0. The number of para-hydroxylation sites is 1. The highest BCUT2D eigenvalue weighted by atomic mass is 16.2. The Labute approximate surface area is 115 Å². The fourth-order valence-corrected chi connectivity index (χ4v) is 2.50. The van der Waals surface area contributed by atoms with Crippen LogP contribution < -0.4 is 10.7 Å². The molecule has 1 aromatic heterocycles. The van der Waals surface area contributed by atoms with E-state index in [1.807, 2.05) is 13.0 Å². The zero-order chi connectivity index (χ0) is 14.1. The molecule has 1 aliphatic heterocycles. The molecule has 1 aliphatic rings. The smallest absolute Gasteiger partial charge is 0.278 e. The molecule has 0 bridgehead atoms. The van der Waals surface area contributed by atoms with Crippen molar-refractivity contribution >= 4 is 16.8 Å². The maximum absolute atomic E-state index is 12.5. The number of aromatic nitrogens is 2. The molecule has 0 saturated carbocycles. The van der Waals surface area contributed by atoms with Gasteiger partial charge in [0.15, 0.2) is 5.69 Å². The molecule has 104 valence electrons. The van der Waals surface area contributed by atoms with Gasteiger partial charge < -0.3 is 10.2 Å². The van der Waals surface area contributed by atoms with E-state index in [2.05, 4.69) is 15.5 Å². The number of piperazine rings is 1. The molecule has 6 nitrogen and oxygen atoms in total. The minimum atomic E-state index is -0.310. The van der Waals surface area contributed by atoms with Crippen LogP contribution in [0.15, 0.2) is 29.1 Å². The fraction of sp³-hybridized carbons (Fsp3) is 0.357. The summed E-state index contributed by atoms with van der Waals surface area (Å²) in [5, 5.41) is 10.5. The van der Waals surface area contributed by atoms with Crippen molar-refractivity contribution in [2.45, 2.75) is 13.0 Å². The number of amides is 1. The first-order valence-corrected chi connectivity index (χ1v) is 6.67. The molecule has 0 radical (unpaired) electrons. The second kappa shape index (κ2) is 5.05. The van der Waals surface area contributed by atoms with E-state index in [9.17, 15) is 9.59 Å². The number of rotatable bonds is 1. The molecule has 1 atom stereocenters.